The van der Waals surface area contributed by atoms with Crippen molar-refractivity contribution in [2.75, 3.05) is 37.0 Å². The molecule has 0 radical (unpaired) electrons. The number of nitrogens with zero attached hydrogens (tertiary/aromatic N) is 4. The number of ether oxygens (including phenoxy) is 1. The molecule has 1 fully saturated rings. The minimum absolute atomic E-state index is 0.0957. The summed E-state index contributed by atoms with van der Waals surface area (Å²) in [6.45, 7) is 5.49. The summed E-state index contributed by atoms with van der Waals surface area (Å²) in [5.74, 6) is 0.974. The highest BCUT2D eigenvalue weighted by Crippen LogP contribution is 2.29. The van der Waals surface area contributed by atoms with Gasteiger partial charge < -0.3 is 24.8 Å². The lowest BCUT2D eigenvalue weighted by atomic mass is 10.1. The second-order valence-electron chi connectivity index (χ2n) is 8.20. The van der Waals surface area contributed by atoms with Crippen molar-refractivity contribution in [1.82, 2.24) is 19.9 Å². The van der Waals surface area contributed by atoms with Gasteiger partial charge in [-0.05, 0) is 51.0 Å². The topological polar surface area (TPSA) is 101 Å². The number of rotatable bonds is 7. The quantitative estimate of drug-likeness (QED) is 0.545. The number of nitrogens with one attached hydrogen (secondary N) is 2. The van der Waals surface area contributed by atoms with Crippen LogP contribution >= 0.6 is 11.6 Å². The SMILES string of the molecule is CNC(=O)COc1cc2cc(Nc3nc(N4CCCC4)ncc3Cl)ccc2n(C(C)C)c1=O. The zero-order valence-corrected chi connectivity index (χ0v) is 19.6. The Balaban J connectivity index is 1.70. The molecule has 0 spiro atoms. The van der Waals surface area contributed by atoms with E-state index < -0.39 is 0 Å². The van der Waals surface area contributed by atoms with Gasteiger partial charge in [-0.15, -0.1) is 0 Å². The van der Waals surface area contributed by atoms with Crippen molar-refractivity contribution in [1.29, 1.82) is 0 Å². The molecule has 9 nitrogen and oxygen atoms in total. The third-order valence-electron chi connectivity index (χ3n) is 5.54. The van der Waals surface area contributed by atoms with Crippen LogP contribution in [-0.2, 0) is 4.79 Å². The van der Waals surface area contributed by atoms with Crippen LogP contribution in [0.15, 0.2) is 35.3 Å². The van der Waals surface area contributed by atoms with Crippen molar-refractivity contribution < 1.29 is 9.53 Å². The number of anilines is 3. The van der Waals surface area contributed by atoms with Crippen LogP contribution in [0.1, 0.15) is 32.7 Å². The van der Waals surface area contributed by atoms with E-state index in [4.69, 9.17) is 16.3 Å². The highest BCUT2D eigenvalue weighted by molar-refractivity contribution is 6.32. The van der Waals surface area contributed by atoms with Gasteiger partial charge in [0.15, 0.2) is 18.2 Å². The number of amides is 1. The fourth-order valence-corrected chi connectivity index (χ4v) is 4.02. The first-order chi connectivity index (χ1) is 15.9. The summed E-state index contributed by atoms with van der Waals surface area (Å²) in [5, 5.41) is 6.95. The molecule has 3 heterocycles. The third kappa shape index (κ3) is 4.88. The molecule has 3 aromatic rings. The molecule has 1 amide bonds. The molecule has 1 aliphatic rings. The lowest BCUT2D eigenvalue weighted by molar-refractivity contribution is -0.122. The second-order valence-corrected chi connectivity index (χ2v) is 8.61. The molecule has 1 saturated heterocycles. The number of halogens is 1. The van der Waals surface area contributed by atoms with Crippen LogP contribution in [0.3, 0.4) is 0 Å². The van der Waals surface area contributed by atoms with Gasteiger partial charge in [-0.1, -0.05) is 11.6 Å². The van der Waals surface area contributed by atoms with Gasteiger partial charge in [0.25, 0.3) is 11.5 Å². The lowest BCUT2D eigenvalue weighted by Crippen LogP contribution is -2.29. The smallest absolute Gasteiger partial charge is 0.293 e. The van der Waals surface area contributed by atoms with E-state index in [0.29, 0.717) is 16.8 Å². The summed E-state index contributed by atoms with van der Waals surface area (Å²) in [6, 6.07) is 7.20. The van der Waals surface area contributed by atoms with Gasteiger partial charge in [-0.2, -0.15) is 4.98 Å². The maximum Gasteiger partial charge on any atom is 0.293 e. The van der Waals surface area contributed by atoms with Crippen LogP contribution in [0.5, 0.6) is 5.75 Å². The van der Waals surface area contributed by atoms with Crippen LogP contribution in [0, 0.1) is 0 Å². The minimum Gasteiger partial charge on any atom is -0.478 e. The number of benzene rings is 1. The first-order valence-electron chi connectivity index (χ1n) is 10.9. The number of hydrogen-bond acceptors (Lipinski definition) is 7. The Morgan fingerprint density at radius 1 is 1.24 bits per heavy atom. The first-order valence-corrected chi connectivity index (χ1v) is 11.3. The average Bonchev–Trinajstić information content (AvgIpc) is 3.33. The van der Waals surface area contributed by atoms with Crippen molar-refractivity contribution in [3.05, 3.63) is 45.8 Å². The van der Waals surface area contributed by atoms with Gasteiger partial charge in [-0.3, -0.25) is 9.59 Å². The number of hydrogen-bond donors (Lipinski definition) is 2. The zero-order chi connectivity index (χ0) is 23.5. The number of pyridine rings is 1. The molecule has 2 aromatic heterocycles. The van der Waals surface area contributed by atoms with Crippen LogP contribution < -0.4 is 25.8 Å². The number of likely N-dealkylation sites (N-methyl/N-ethyl adjacent to an activating group) is 1. The molecular formula is C23H27ClN6O3. The molecule has 4 rings (SSSR count). The molecule has 0 bridgehead atoms. The summed E-state index contributed by atoms with van der Waals surface area (Å²) in [5.41, 5.74) is 1.23. The molecule has 0 atom stereocenters. The largest absolute Gasteiger partial charge is 0.478 e. The Morgan fingerprint density at radius 3 is 2.70 bits per heavy atom. The van der Waals surface area contributed by atoms with Gasteiger partial charge in [0, 0.05) is 37.3 Å². The van der Waals surface area contributed by atoms with E-state index in [1.807, 2.05) is 32.0 Å². The third-order valence-corrected chi connectivity index (χ3v) is 5.82. The Labute approximate surface area is 196 Å². The van der Waals surface area contributed by atoms with Crippen molar-refractivity contribution in [2.24, 2.45) is 0 Å². The normalized spacial score (nSPS) is 13.5. The molecule has 10 heteroatoms. The fraction of sp³-hybridized carbons (Fsp3) is 0.391. The molecule has 1 aliphatic heterocycles. The first kappa shape index (κ1) is 22.8. The van der Waals surface area contributed by atoms with Crippen molar-refractivity contribution in [3.63, 3.8) is 0 Å². The van der Waals surface area contributed by atoms with Gasteiger partial charge in [0.2, 0.25) is 5.95 Å². The van der Waals surface area contributed by atoms with E-state index >= 15 is 0 Å². The minimum atomic E-state index is -0.312. The predicted octanol–water partition coefficient (Wildman–Crippen LogP) is 3.49. The Hall–Kier alpha value is -3.33. The highest BCUT2D eigenvalue weighted by atomic mass is 35.5. The van der Waals surface area contributed by atoms with Gasteiger partial charge in [-0.25, -0.2) is 4.98 Å². The fourth-order valence-electron chi connectivity index (χ4n) is 3.88. The summed E-state index contributed by atoms with van der Waals surface area (Å²) >= 11 is 6.36. The average molecular weight is 471 g/mol. The lowest BCUT2D eigenvalue weighted by Gasteiger charge is -2.18. The van der Waals surface area contributed by atoms with Crippen LogP contribution in [-0.4, -0.2) is 47.2 Å². The van der Waals surface area contributed by atoms with Crippen LogP contribution in [0.25, 0.3) is 10.9 Å². The van der Waals surface area contributed by atoms with Gasteiger partial charge >= 0.3 is 0 Å². The maximum absolute atomic E-state index is 13.0. The Bertz CT molecular complexity index is 1240. The maximum atomic E-state index is 13.0. The van der Waals surface area contributed by atoms with Gasteiger partial charge in [0.1, 0.15) is 5.02 Å². The number of carbonyl (C=O) groups excluding carboxylic acids is 1. The molecule has 0 saturated carbocycles. The standard InChI is InChI=1S/C23H27ClN6O3/c1-14(2)30-18-7-6-16(10-15(18)11-19(22(30)32)33-13-20(31)25-3)27-21-17(24)12-26-23(28-21)29-8-4-5-9-29/h6-7,10-12,14H,4-5,8-9,13H2,1-3H3,(H,25,31)(H,26,27,28). The number of fused-ring (bicyclic) bond motifs is 1. The molecule has 174 valence electrons. The molecular weight excluding hydrogens is 444 g/mol. The summed E-state index contributed by atoms with van der Waals surface area (Å²) < 4.78 is 7.18. The number of carbonyl (C=O) groups is 1. The van der Waals surface area contributed by atoms with E-state index in [-0.39, 0.29) is 29.9 Å². The van der Waals surface area contributed by atoms with E-state index in [9.17, 15) is 9.59 Å². The van der Waals surface area contributed by atoms with Gasteiger partial charge in [0.05, 0.1) is 11.7 Å². The summed E-state index contributed by atoms with van der Waals surface area (Å²) in [7, 11) is 1.52. The predicted molar refractivity (Wildman–Crippen MR) is 130 cm³/mol. The Kier molecular flexibility index (Phi) is 6.69. The van der Waals surface area contributed by atoms with E-state index in [1.165, 1.54) is 7.05 Å². The molecule has 0 aliphatic carbocycles. The molecule has 33 heavy (non-hydrogen) atoms. The molecule has 2 N–H and O–H groups in total. The highest BCUT2D eigenvalue weighted by Gasteiger charge is 2.18. The van der Waals surface area contributed by atoms with Crippen LogP contribution in [0.2, 0.25) is 5.02 Å². The van der Waals surface area contributed by atoms with Crippen LogP contribution in [0.4, 0.5) is 17.5 Å². The van der Waals surface area contributed by atoms with Crippen molar-refractivity contribution in [2.45, 2.75) is 32.7 Å². The molecule has 0 unspecified atom stereocenters. The van der Waals surface area contributed by atoms with Crippen molar-refractivity contribution in [3.8, 4) is 5.75 Å². The zero-order valence-electron chi connectivity index (χ0n) is 18.9. The number of aromatic nitrogens is 3. The molecule has 1 aromatic carbocycles. The summed E-state index contributed by atoms with van der Waals surface area (Å²) in [6.07, 6.45) is 3.86. The summed E-state index contributed by atoms with van der Waals surface area (Å²) in [4.78, 5) is 35.7. The van der Waals surface area contributed by atoms with E-state index in [1.54, 1.807) is 16.8 Å². The Morgan fingerprint density at radius 2 is 2.00 bits per heavy atom. The van der Waals surface area contributed by atoms with Crippen molar-refractivity contribution >= 4 is 45.9 Å². The monoisotopic (exact) mass is 470 g/mol. The van der Waals surface area contributed by atoms with E-state index in [2.05, 4.69) is 25.5 Å². The second kappa shape index (κ2) is 9.66. The van der Waals surface area contributed by atoms with E-state index in [0.717, 1.165) is 42.5 Å².